The molecule has 2 rings (SSSR count). The van der Waals surface area contributed by atoms with Crippen molar-refractivity contribution in [2.75, 3.05) is 5.73 Å². The Bertz CT molecular complexity index is 698. The molecule has 0 saturated heterocycles. The summed E-state index contributed by atoms with van der Waals surface area (Å²) in [6.07, 6.45) is 0. The Morgan fingerprint density at radius 2 is 1.25 bits per heavy atom. The zero-order valence-corrected chi connectivity index (χ0v) is 10.6. The topological polar surface area (TPSA) is 105 Å². The van der Waals surface area contributed by atoms with E-state index in [0.717, 1.165) is 0 Å². The van der Waals surface area contributed by atoms with E-state index in [1.165, 1.54) is 24.3 Å². The molecule has 0 fully saturated rings. The molecular weight excluding hydrogens is 289 g/mol. The number of hydrogen-bond acceptors (Lipinski definition) is 5. The second-order valence-electron chi connectivity index (χ2n) is 3.76. The van der Waals surface area contributed by atoms with Crippen molar-refractivity contribution < 1.29 is 13.0 Å². The minimum atomic E-state index is -4.18. The molecular formula is C12H12N3NaO3S. The maximum atomic E-state index is 10.8. The first-order valence-corrected chi connectivity index (χ1v) is 6.74. The fraction of sp³-hybridized carbons (Fsp3) is 0. The molecule has 0 saturated carbocycles. The van der Waals surface area contributed by atoms with Crippen molar-refractivity contribution in [1.29, 1.82) is 0 Å². The van der Waals surface area contributed by atoms with Gasteiger partial charge in [0.2, 0.25) is 0 Å². The van der Waals surface area contributed by atoms with E-state index in [-0.39, 0.29) is 34.5 Å². The average Bonchev–Trinajstić information content (AvgIpc) is 2.37. The van der Waals surface area contributed by atoms with Crippen LogP contribution in [0.5, 0.6) is 0 Å². The van der Waals surface area contributed by atoms with Crippen LogP contribution in [0, 0.1) is 0 Å². The predicted octanol–water partition coefficient (Wildman–Crippen LogP) is 2.28. The molecule has 0 aromatic heterocycles. The van der Waals surface area contributed by atoms with Crippen LogP contribution in [-0.2, 0) is 10.1 Å². The van der Waals surface area contributed by atoms with E-state index in [1.807, 2.05) is 0 Å². The Labute approximate surface area is 138 Å². The monoisotopic (exact) mass is 301 g/mol. The first kappa shape index (κ1) is 16.8. The van der Waals surface area contributed by atoms with Gasteiger partial charge < -0.3 is 5.73 Å². The standard InChI is InChI=1S/C12H11N3O3S.Na.H/c13-9-1-3-10(4-2-9)14-15-11-5-7-12(8-6-11)19(16,17)18;;/h1-8H,13H2,(H,16,17,18);;/b15-14+;;. The Hall–Kier alpha value is -1.25. The van der Waals surface area contributed by atoms with Gasteiger partial charge in [0.15, 0.2) is 0 Å². The molecule has 100 valence electrons. The van der Waals surface area contributed by atoms with E-state index in [2.05, 4.69) is 10.2 Å². The summed E-state index contributed by atoms with van der Waals surface area (Å²) in [4.78, 5) is -0.182. The summed E-state index contributed by atoms with van der Waals surface area (Å²) in [6, 6.07) is 12.2. The third kappa shape index (κ3) is 4.69. The van der Waals surface area contributed by atoms with Gasteiger partial charge in [-0.2, -0.15) is 18.6 Å². The third-order valence-electron chi connectivity index (χ3n) is 2.31. The minimum absolute atomic E-state index is 0. The molecule has 0 amide bonds. The van der Waals surface area contributed by atoms with Gasteiger partial charge in [0, 0.05) is 5.69 Å². The first-order valence-electron chi connectivity index (χ1n) is 5.30. The zero-order valence-electron chi connectivity index (χ0n) is 9.76. The molecule has 0 heterocycles. The van der Waals surface area contributed by atoms with E-state index in [0.29, 0.717) is 17.1 Å². The number of anilines is 1. The zero-order chi connectivity index (χ0) is 13.9. The Morgan fingerprint density at radius 1 is 0.850 bits per heavy atom. The molecule has 0 radical (unpaired) electrons. The first-order chi connectivity index (χ1) is 8.95. The molecule has 0 aliphatic heterocycles. The van der Waals surface area contributed by atoms with Gasteiger partial charge in [0.25, 0.3) is 10.1 Å². The van der Waals surface area contributed by atoms with Gasteiger partial charge in [0.05, 0.1) is 16.3 Å². The van der Waals surface area contributed by atoms with Gasteiger partial charge in [-0.15, -0.1) is 0 Å². The van der Waals surface area contributed by atoms with Crippen LogP contribution < -0.4 is 5.73 Å². The van der Waals surface area contributed by atoms with Crippen molar-refractivity contribution in [2.45, 2.75) is 4.90 Å². The molecule has 2 aromatic rings. The molecule has 8 heteroatoms. The summed E-state index contributed by atoms with van der Waals surface area (Å²) < 4.78 is 30.5. The second-order valence-corrected chi connectivity index (χ2v) is 5.18. The maximum absolute atomic E-state index is 10.8. The molecule has 0 bridgehead atoms. The van der Waals surface area contributed by atoms with Crippen LogP contribution in [0.15, 0.2) is 63.7 Å². The molecule has 6 nitrogen and oxygen atoms in total. The van der Waals surface area contributed by atoms with Crippen molar-refractivity contribution >= 4 is 56.7 Å². The number of nitrogen functional groups attached to an aromatic ring is 1. The fourth-order valence-electron chi connectivity index (χ4n) is 1.34. The average molecular weight is 301 g/mol. The molecule has 0 unspecified atom stereocenters. The van der Waals surface area contributed by atoms with Gasteiger partial charge in [-0.1, -0.05) is 0 Å². The second kappa shape index (κ2) is 6.96. The van der Waals surface area contributed by atoms with Crippen LogP contribution in [0.25, 0.3) is 0 Å². The predicted molar refractivity (Wildman–Crippen MR) is 78.4 cm³/mol. The van der Waals surface area contributed by atoms with Crippen LogP contribution in [0.2, 0.25) is 0 Å². The van der Waals surface area contributed by atoms with Crippen LogP contribution in [-0.4, -0.2) is 42.5 Å². The molecule has 3 N–H and O–H groups in total. The Kier molecular flexibility index (Phi) is 5.85. The number of nitrogens with zero attached hydrogens (tertiary/aromatic N) is 2. The Morgan fingerprint density at radius 3 is 1.65 bits per heavy atom. The summed E-state index contributed by atoms with van der Waals surface area (Å²) in [7, 11) is -4.18. The number of hydrogen-bond donors (Lipinski definition) is 2. The molecule has 2 aromatic carbocycles. The molecule has 0 spiro atoms. The van der Waals surface area contributed by atoms with Crippen molar-refractivity contribution in [2.24, 2.45) is 10.2 Å². The van der Waals surface area contributed by atoms with E-state index < -0.39 is 10.1 Å². The summed E-state index contributed by atoms with van der Waals surface area (Å²) in [5, 5.41) is 7.90. The van der Waals surface area contributed by atoms with E-state index in [1.54, 1.807) is 24.3 Å². The Balaban J connectivity index is 0.00000200. The van der Waals surface area contributed by atoms with E-state index in [4.69, 9.17) is 10.3 Å². The molecule has 0 aliphatic carbocycles. The third-order valence-corrected chi connectivity index (χ3v) is 3.18. The summed E-state index contributed by atoms with van der Waals surface area (Å²) in [6.45, 7) is 0. The number of rotatable bonds is 3. The van der Waals surface area contributed by atoms with Crippen molar-refractivity contribution in [3.05, 3.63) is 48.5 Å². The van der Waals surface area contributed by atoms with Gasteiger partial charge in [-0.05, 0) is 48.5 Å². The quantitative estimate of drug-likeness (QED) is 0.392. The summed E-state index contributed by atoms with van der Waals surface area (Å²) >= 11 is 0. The van der Waals surface area contributed by atoms with Gasteiger partial charge in [-0.25, -0.2) is 0 Å². The summed E-state index contributed by atoms with van der Waals surface area (Å²) in [5.41, 5.74) is 7.28. The van der Waals surface area contributed by atoms with Gasteiger partial charge >= 0.3 is 29.6 Å². The van der Waals surface area contributed by atoms with Crippen molar-refractivity contribution in [3.63, 3.8) is 0 Å². The van der Waals surface area contributed by atoms with Gasteiger partial charge in [-0.3, -0.25) is 4.55 Å². The van der Waals surface area contributed by atoms with Crippen LogP contribution in [0.1, 0.15) is 0 Å². The normalized spacial score (nSPS) is 11.2. The SMILES string of the molecule is Nc1ccc(/N=N/c2ccc(S(=O)(=O)O)cc2)cc1.[NaH]. The van der Waals surface area contributed by atoms with E-state index in [9.17, 15) is 8.42 Å². The fourth-order valence-corrected chi connectivity index (χ4v) is 1.82. The number of azo groups is 1. The van der Waals surface area contributed by atoms with Crippen molar-refractivity contribution in [1.82, 2.24) is 0 Å². The molecule has 0 aliphatic rings. The van der Waals surface area contributed by atoms with E-state index >= 15 is 0 Å². The number of nitrogens with two attached hydrogens (primary N) is 1. The van der Waals surface area contributed by atoms with Gasteiger partial charge in [0.1, 0.15) is 0 Å². The molecule has 0 atom stereocenters. The molecule has 20 heavy (non-hydrogen) atoms. The van der Waals surface area contributed by atoms with Crippen LogP contribution in [0.3, 0.4) is 0 Å². The van der Waals surface area contributed by atoms with Crippen LogP contribution >= 0.6 is 0 Å². The summed E-state index contributed by atoms with van der Waals surface area (Å²) in [5.74, 6) is 0. The number of benzene rings is 2. The van der Waals surface area contributed by atoms with Crippen LogP contribution in [0.4, 0.5) is 17.1 Å². The van der Waals surface area contributed by atoms with Crippen molar-refractivity contribution in [3.8, 4) is 0 Å².